The smallest absolute Gasteiger partial charge is 0.0884 e. The third kappa shape index (κ3) is 1.30. The fourth-order valence-corrected chi connectivity index (χ4v) is 2.05. The van der Waals surface area contributed by atoms with Gasteiger partial charge < -0.3 is 9.47 Å². The van der Waals surface area contributed by atoms with Crippen molar-refractivity contribution in [3.63, 3.8) is 0 Å². The molecule has 2 saturated heterocycles. The lowest BCUT2D eigenvalue weighted by molar-refractivity contribution is -0.0762. The summed E-state index contributed by atoms with van der Waals surface area (Å²) in [7, 11) is 0. The normalized spacial score (nSPS) is 50.7. The van der Waals surface area contributed by atoms with Gasteiger partial charge in [0.25, 0.3) is 0 Å². The molecule has 64 valence electrons. The second kappa shape index (κ2) is 2.76. The molecule has 2 aliphatic rings. The highest BCUT2D eigenvalue weighted by atomic mass is 16.6. The van der Waals surface area contributed by atoms with E-state index in [0.29, 0.717) is 24.0 Å². The van der Waals surface area contributed by atoms with E-state index in [-0.39, 0.29) is 0 Å². The average Bonchev–Trinajstić information content (AvgIpc) is 2.32. The number of rotatable bonds is 0. The van der Waals surface area contributed by atoms with Gasteiger partial charge >= 0.3 is 0 Å². The quantitative estimate of drug-likeness (QED) is 0.528. The van der Waals surface area contributed by atoms with Gasteiger partial charge in [-0.25, -0.2) is 0 Å². The highest BCUT2D eigenvalue weighted by Crippen LogP contribution is 2.31. The highest BCUT2D eigenvalue weighted by molar-refractivity contribution is 4.86. The van der Waals surface area contributed by atoms with E-state index in [2.05, 4.69) is 13.8 Å². The summed E-state index contributed by atoms with van der Waals surface area (Å²) in [6.45, 7) is 6.25. The van der Waals surface area contributed by atoms with Crippen molar-refractivity contribution in [1.82, 2.24) is 0 Å². The van der Waals surface area contributed by atoms with Gasteiger partial charge in [-0.15, -0.1) is 0 Å². The van der Waals surface area contributed by atoms with Gasteiger partial charge in [-0.05, 0) is 12.3 Å². The first-order valence-electron chi connectivity index (χ1n) is 4.50. The first-order valence-corrected chi connectivity index (χ1v) is 4.50. The summed E-state index contributed by atoms with van der Waals surface area (Å²) >= 11 is 0. The minimum atomic E-state index is 0.395. The van der Waals surface area contributed by atoms with Crippen LogP contribution in [0.1, 0.15) is 20.3 Å². The molecule has 11 heavy (non-hydrogen) atoms. The van der Waals surface area contributed by atoms with Crippen molar-refractivity contribution in [2.45, 2.75) is 32.5 Å². The summed E-state index contributed by atoms with van der Waals surface area (Å²) < 4.78 is 11.3. The van der Waals surface area contributed by atoms with E-state index < -0.39 is 0 Å². The molecule has 0 radical (unpaired) electrons. The standard InChI is InChI=1S/C9H16O2/c1-6-3-8-9(11-4-6)7(2)5-10-8/h6-9H,3-5H2,1-2H3/t6-,7+,8?,9-/m0/s1. The van der Waals surface area contributed by atoms with Gasteiger partial charge in [0.1, 0.15) is 0 Å². The van der Waals surface area contributed by atoms with Crippen LogP contribution in [0.15, 0.2) is 0 Å². The van der Waals surface area contributed by atoms with Gasteiger partial charge in [0, 0.05) is 12.5 Å². The van der Waals surface area contributed by atoms with Gasteiger partial charge in [-0.2, -0.15) is 0 Å². The van der Waals surface area contributed by atoms with Gasteiger partial charge in [-0.1, -0.05) is 13.8 Å². The molecule has 0 spiro atoms. The number of hydrogen-bond acceptors (Lipinski definition) is 2. The van der Waals surface area contributed by atoms with Crippen molar-refractivity contribution in [2.75, 3.05) is 13.2 Å². The number of fused-ring (bicyclic) bond motifs is 1. The summed E-state index contributed by atoms with van der Waals surface area (Å²) in [4.78, 5) is 0. The van der Waals surface area contributed by atoms with Crippen LogP contribution in [0.2, 0.25) is 0 Å². The SMILES string of the molecule is C[C@@H]1CO[C@@H]2C(C1)OC[C@H]2C. The van der Waals surface area contributed by atoms with Gasteiger partial charge in [0.2, 0.25) is 0 Å². The lowest BCUT2D eigenvalue weighted by atomic mass is 9.93. The largest absolute Gasteiger partial charge is 0.375 e. The summed E-state index contributed by atoms with van der Waals surface area (Å²) in [6.07, 6.45) is 1.98. The Morgan fingerprint density at radius 2 is 1.91 bits per heavy atom. The Balaban J connectivity index is 2.00. The zero-order valence-electron chi connectivity index (χ0n) is 7.25. The topological polar surface area (TPSA) is 18.5 Å². The lowest BCUT2D eigenvalue weighted by Gasteiger charge is -2.30. The fraction of sp³-hybridized carbons (Fsp3) is 1.00. The molecule has 0 aliphatic carbocycles. The molecule has 2 heterocycles. The highest BCUT2D eigenvalue weighted by Gasteiger charge is 2.39. The summed E-state index contributed by atoms with van der Waals surface area (Å²) in [5, 5.41) is 0. The van der Waals surface area contributed by atoms with E-state index in [9.17, 15) is 0 Å². The van der Waals surface area contributed by atoms with Crippen molar-refractivity contribution in [3.8, 4) is 0 Å². The molecule has 0 aromatic carbocycles. The summed E-state index contributed by atoms with van der Waals surface area (Å²) in [6, 6.07) is 0. The Morgan fingerprint density at radius 1 is 1.09 bits per heavy atom. The zero-order chi connectivity index (χ0) is 7.84. The van der Waals surface area contributed by atoms with Crippen LogP contribution in [0.5, 0.6) is 0 Å². The Kier molecular flexibility index (Phi) is 1.90. The average molecular weight is 156 g/mol. The van der Waals surface area contributed by atoms with Crippen LogP contribution in [-0.2, 0) is 9.47 Å². The molecule has 0 aromatic rings. The zero-order valence-corrected chi connectivity index (χ0v) is 7.25. The Morgan fingerprint density at radius 3 is 2.73 bits per heavy atom. The molecule has 2 heteroatoms. The molecule has 2 aliphatic heterocycles. The predicted octanol–water partition coefficient (Wildman–Crippen LogP) is 1.45. The van der Waals surface area contributed by atoms with E-state index in [0.717, 1.165) is 13.2 Å². The maximum Gasteiger partial charge on any atom is 0.0884 e. The Labute approximate surface area is 67.9 Å². The van der Waals surface area contributed by atoms with E-state index in [1.165, 1.54) is 6.42 Å². The van der Waals surface area contributed by atoms with E-state index >= 15 is 0 Å². The predicted molar refractivity (Wildman–Crippen MR) is 42.4 cm³/mol. The third-order valence-corrected chi connectivity index (χ3v) is 2.71. The molecule has 0 amide bonds. The molecule has 2 nitrogen and oxygen atoms in total. The second-order valence-corrected chi connectivity index (χ2v) is 3.99. The fourth-order valence-electron chi connectivity index (χ4n) is 2.05. The van der Waals surface area contributed by atoms with Crippen molar-refractivity contribution < 1.29 is 9.47 Å². The molecular formula is C9H16O2. The second-order valence-electron chi connectivity index (χ2n) is 3.99. The minimum Gasteiger partial charge on any atom is -0.375 e. The van der Waals surface area contributed by atoms with Crippen LogP contribution in [0.4, 0.5) is 0 Å². The molecule has 1 unspecified atom stereocenters. The molecule has 0 saturated carbocycles. The molecule has 4 atom stereocenters. The van der Waals surface area contributed by atoms with Crippen LogP contribution in [0.3, 0.4) is 0 Å². The first-order chi connectivity index (χ1) is 5.27. The molecule has 2 fully saturated rings. The van der Waals surface area contributed by atoms with Crippen LogP contribution < -0.4 is 0 Å². The van der Waals surface area contributed by atoms with E-state index in [1.54, 1.807) is 0 Å². The van der Waals surface area contributed by atoms with Crippen molar-refractivity contribution in [1.29, 1.82) is 0 Å². The van der Waals surface area contributed by atoms with Crippen LogP contribution in [0, 0.1) is 11.8 Å². The van der Waals surface area contributed by atoms with Gasteiger partial charge in [-0.3, -0.25) is 0 Å². The molecule has 0 bridgehead atoms. The maximum atomic E-state index is 5.70. The monoisotopic (exact) mass is 156 g/mol. The number of hydrogen-bond donors (Lipinski definition) is 0. The summed E-state index contributed by atoms with van der Waals surface area (Å²) in [5.41, 5.74) is 0. The van der Waals surface area contributed by atoms with Crippen molar-refractivity contribution >= 4 is 0 Å². The molecule has 2 rings (SSSR count). The first kappa shape index (κ1) is 7.56. The maximum absolute atomic E-state index is 5.70. The van der Waals surface area contributed by atoms with E-state index in [1.807, 2.05) is 0 Å². The van der Waals surface area contributed by atoms with E-state index in [4.69, 9.17) is 9.47 Å². The number of ether oxygens (including phenoxy) is 2. The van der Waals surface area contributed by atoms with Crippen molar-refractivity contribution in [2.24, 2.45) is 11.8 Å². The Bertz CT molecular complexity index is 146. The van der Waals surface area contributed by atoms with Gasteiger partial charge in [0.05, 0.1) is 18.8 Å². The van der Waals surface area contributed by atoms with Crippen molar-refractivity contribution in [3.05, 3.63) is 0 Å². The molecule has 0 aromatic heterocycles. The van der Waals surface area contributed by atoms with Gasteiger partial charge in [0.15, 0.2) is 0 Å². The van der Waals surface area contributed by atoms with Crippen LogP contribution in [0.25, 0.3) is 0 Å². The van der Waals surface area contributed by atoms with Crippen LogP contribution in [-0.4, -0.2) is 25.4 Å². The third-order valence-electron chi connectivity index (χ3n) is 2.71. The Hall–Kier alpha value is -0.0800. The minimum absolute atomic E-state index is 0.395. The van der Waals surface area contributed by atoms with Crippen LogP contribution >= 0.6 is 0 Å². The molecule has 0 N–H and O–H groups in total. The summed E-state index contributed by atoms with van der Waals surface area (Å²) in [5.74, 6) is 1.29. The molecular weight excluding hydrogens is 140 g/mol. The lowest BCUT2D eigenvalue weighted by Crippen LogP contribution is -2.37.